The predicted octanol–water partition coefficient (Wildman–Crippen LogP) is 3.50. The van der Waals surface area contributed by atoms with Gasteiger partial charge in [0.1, 0.15) is 16.5 Å². The van der Waals surface area contributed by atoms with Crippen LogP contribution in [0.1, 0.15) is 38.4 Å². The molecule has 108 valence electrons. The minimum absolute atomic E-state index is 0.727. The monoisotopic (exact) mass is 290 g/mol. The molecular weight excluding hydrogens is 268 g/mol. The highest BCUT2D eigenvalue weighted by molar-refractivity contribution is 7.16. The fourth-order valence-corrected chi connectivity index (χ4v) is 3.31. The summed E-state index contributed by atoms with van der Waals surface area (Å²) in [5.74, 6) is 1.93. The maximum atomic E-state index is 4.73. The standard InChI is InChI=1S/C15H22N4S/c1-3-8-16-14-12-7-9-20-15(12)18-13(17-14)10-19(2)11-5-4-6-11/h7,9,11H,3-6,8,10H2,1-2H3,(H,16,17,18). The summed E-state index contributed by atoms with van der Waals surface area (Å²) in [6.07, 6.45) is 5.10. The van der Waals surface area contributed by atoms with E-state index in [1.807, 2.05) is 0 Å². The normalized spacial score (nSPS) is 15.8. The second kappa shape index (κ2) is 6.06. The quantitative estimate of drug-likeness (QED) is 0.884. The lowest BCUT2D eigenvalue weighted by Gasteiger charge is -2.34. The smallest absolute Gasteiger partial charge is 0.146 e. The van der Waals surface area contributed by atoms with Gasteiger partial charge in [-0.05, 0) is 37.8 Å². The second-order valence-electron chi connectivity index (χ2n) is 5.55. The average molecular weight is 290 g/mol. The lowest BCUT2D eigenvalue weighted by molar-refractivity contribution is 0.149. The van der Waals surface area contributed by atoms with Gasteiger partial charge in [-0.2, -0.15) is 0 Å². The summed E-state index contributed by atoms with van der Waals surface area (Å²) in [7, 11) is 2.19. The van der Waals surface area contributed by atoms with Crippen LogP contribution >= 0.6 is 11.3 Å². The number of thiophene rings is 1. The van der Waals surface area contributed by atoms with Gasteiger partial charge >= 0.3 is 0 Å². The van der Waals surface area contributed by atoms with E-state index in [0.29, 0.717) is 0 Å². The molecule has 1 fully saturated rings. The molecule has 0 bridgehead atoms. The fraction of sp³-hybridized carbons (Fsp3) is 0.600. The van der Waals surface area contributed by atoms with E-state index >= 15 is 0 Å². The number of anilines is 1. The van der Waals surface area contributed by atoms with Crippen molar-refractivity contribution in [3.8, 4) is 0 Å². The summed E-state index contributed by atoms with van der Waals surface area (Å²) in [5.41, 5.74) is 0. The highest BCUT2D eigenvalue weighted by atomic mass is 32.1. The molecule has 0 amide bonds. The molecule has 0 atom stereocenters. The molecule has 2 heterocycles. The van der Waals surface area contributed by atoms with Crippen LogP contribution in [0, 0.1) is 0 Å². The van der Waals surface area contributed by atoms with Crippen LogP contribution < -0.4 is 5.32 Å². The Balaban J connectivity index is 1.82. The van der Waals surface area contributed by atoms with E-state index in [-0.39, 0.29) is 0 Å². The van der Waals surface area contributed by atoms with Crippen LogP contribution in [0.15, 0.2) is 11.4 Å². The van der Waals surface area contributed by atoms with E-state index in [0.717, 1.165) is 47.4 Å². The molecular formula is C15H22N4S. The summed E-state index contributed by atoms with van der Waals surface area (Å²) >= 11 is 1.69. The molecule has 20 heavy (non-hydrogen) atoms. The molecule has 0 aromatic carbocycles. The van der Waals surface area contributed by atoms with Crippen molar-refractivity contribution in [2.24, 2.45) is 0 Å². The van der Waals surface area contributed by atoms with Gasteiger partial charge in [0, 0.05) is 12.6 Å². The summed E-state index contributed by atoms with van der Waals surface area (Å²) in [6, 6.07) is 2.84. The van der Waals surface area contributed by atoms with E-state index in [4.69, 9.17) is 9.97 Å². The predicted molar refractivity (Wildman–Crippen MR) is 85.3 cm³/mol. The highest BCUT2D eigenvalue weighted by Gasteiger charge is 2.22. The van der Waals surface area contributed by atoms with Gasteiger partial charge in [-0.1, -0.05) is 13.3 Å². The van der Waals surface area contributed by atoms with Gasteiger partial charge in [-0.25, -0.2) is 9.97 Å². The number of hydrogen-bond donors (Lipinski definition) is 1. The fourth-order valence-electron chi connectivity index (χ4n) is 2.53. The van der Waals surface area contributed by atoms with E-state index in [9.17, 15) is 0 Å². The van der Waals surface area contributed by atoms with Crippen molar-refractivity contribution < 1.29 is 0 Å². The van der Waals surface area contributed by atoms with Crippen LogP contribution in [0.3, 0.4) is 0 Å². The van der Waals surface area contributed by atoms with Crippen LogP contribution in [0.2, 0.25) is 0 Å². The molecule has 0 saturated heterocycles. The first-order valence-corrected chi connectivity index (χ1v) is 8.34. The third kappa shape index (κ3) is 2.79. The molecule has 5 heteroatoms. The van der Waals surface area contributed by atoms with Crippen molar-refractivity contribution in [1.82, 2.24) is 14.9 Å². The molecule has 3 rings (SSSR count). The van der Waals surface area contributed by atoms with Gasteiger partial charge in [0.05, 0.1) is 11.9 Å². The van der Waals surface area contributed by atoms with Crippen molar-refractivity contribution in [2.45, 2.75) is 45.2 Å². The Morgan fingerprint density at radius 2 is 2.25 bits per heavy atom. The average Bonchev–Trinajstić information content (AvgIpc) is 2.81. The van der Waals surface area contributed by atoms with Gasteiger partial charge in [0.25, 0.3) is 0 Å². The Hall–Kier alpha value is -1.20. The molecule has 4 nitrogen and oxygen atoms in total. The first kappa shape index (κ1) is 13.8. The molecule has 0 aliphatic heterocycles. The van der Waals surface area contributed by atoms with Gasteiger partial charge in [0.15, 0.2) is 0 Å². The minimum atomic E-state index is 0.727. The Morgan fingerprint density at radius 1 is 1.40 bits per heavy atom. The molecule has 1 N–H and O–H groups in total. The number of nitrogens with one attached hydrogen (secondary N) is 1. The van der Waals surface area contributed by atoms with Gasteiger partial charge in [-0.15, -0.1) is 11.3 Å². The maximum absolute atomic E-state index is 4.73. The van der Waals surface area contributed by atoms with Crippen LogP contribution in [0.25, 0.3) is 10.2 Å². The van der Waals surface area contributed by atoms with Crippen LogP contribution in [0.5, 0.6) is 0 Å². The summed E-state index contributed by atoms with van der Waals surface area (Å²) in [5, 5.41) is 6.68. The number of aromatic nitrogens is 2. The molecule has 1 aliphatic carbocycles. The first-order chi connectivity index (χ1) is 9.78. The SMILES string of the molecule is CCCNc1nc(CN(C)C2CCC2)nc2sccc12. The lowest BCUT2D eigenvalue weighted by Crippen LogP contribution is -2.37. The number of hydrogen-bond acceptors (Lipinski definition) is 5. The second-order valence-corrected chi connectivity index (χ2v) is 6.45. The molecule has 1 saturated carbocycles. The zero-order valence-electron chi connectivity index (χ0n) is 12.2. The maximum Gasteiger partial charge on any atom is 0.146 e. The van der Waals surface area contributed by atoms with Crippen LogP contribution in [-0.2, 0) is 6.54 Å². The van der Waals surface area contributed by atoms with Crippen molar-refractivity contribution in [3.05, 3.63) is 17.3 Å². The van der Waals surface area contributed by atoms with Crippen molar-refractivity contribution in [2.75, 3.05) is 18.9 Å². The minimum Gasteiger partial charge on any atom is -0.369 e. The molecule has 2 aromatic rings. The largest absolute Gasteiger partial charge is 0.369 e. The molecule has 1 aliphatic rings. The van der Waals surface area contributed by atoms with E-state index in [1.54, 1.807) is 11.3 Å². The summed E-state index contributed by atoms with van der Waals surface area (Å²) in [4.78, 5) is 12.9. The third-order valence-electron chi connectivity index (χ3n) is 4.00. The highest BCUT2D eigenvalue weighted by Crippen LogP contribution is 2.27. The Kier molecular flexibility index (Phi) is 4.17. The van der Waals surface area contributed by atoms with Gasteiger partial charge in [0.2, 0.25) is 0 Å². The zero-order chi connectivity index (χ0) is 13.9. The number of nitrogens with zero attached hydrogens (tertiary/aromatic N) is 3. The van der Waals surface area contributed by atoms with E-state index in [1.165, 1.54) is 19.3 Å². The Morgan fingerprint density at radius 3 is 2.95 bits per heavy atom. The molecule has 0 unspecified atom stereocenters. The van der Waals surface area contributed by atoms with Crippen LogP contribution in [0.4, 0.5) is 5.82 Å². The topological polar surface area (TPSA) is 41.1 Å². The third-order valence-corrected chi connectivity index (χ3v) is 4.81. The molecule has 2 aromatic heterocycles. The van der Waals surface area contributed by atoms with E-state index < -0.39 is 0 Å². The van der Waals surface area contributed by atoms with Crippen LogP contribution in [-0.4, -0.2) is 34.5 Å². The summed E-state index contributed by atoms with van der Waals surface area (Å²) in [6.45, 7) is 3.98. The molecule has 0 spiro atoms. The van der Waals surface area contributed by atoms with Crippen molar-refractivity contribution in [1.29, 1.82) is 0 Å². The van der Waals surface area contributed by atoms with Crippen molar-refractivity contribution >= 4 is 27.4 Å². The van der Waals surface area contributed by atoms with Gasteiger partial charge < -0.3 is 5.32 Å². The Labute approximate surface area is 124 Å². The lowest BCUT2D eigenvalue weighted by atomic mass is 9.92. The number of rotatable bonds is 6. The Bertz CT molecular complexity index is 576. The molecule has 0 radical (unpaired) electrons. The first-order valence-electron chi connectivity index (χ1n) is 7.46. The zero-order valence-corrected chi connectivity index (χ0v) is 13.0. The summed E-state index contributed by atoms with van der Waals surface area (Å²) < 4.78 is 0. The number of fused-ring (bicyclic) bond motifs is 1. The van der Waals surface area contributed by atoms with Crippen molar-refractivity contribution in [3.63, 3.8) is 0 Å². The van der Waals surface area contributed by atoms with Gasteiger partial charge in [-0.3, -0.25) is 4.90 Å². The van der Waals surface area contributed by atoms with E-state index in [2.05, 4.69) is 35.6 Å².